The molecule has 0 bridgehead atoms. The number of carbonyl (C=O) groups is 3. The maximum absolute atomic E-state index is 13.6. The summed E-state index contributed by atoms with van der Waals surface area (Å²) < 4.78 is 24.2. The molecule has 4 rings (SSSR count). The van der Waals surface area contributed by atoms with Crippen LogP contribution in [0, 0.1) is 0 Å². The number of barbiturate groups is 1. The highest BCUT2D eigenvalue weighted by Crippen LogP contribution is 2.37. The van der Waals surface area contributed by atoms with Gasteiger partial charge in [-0.2, -0.15) is 0 Å². The fourth-order valence-electron chi connectivity index (χ4n) is 3.91. The van der Waals surface area contributed by atoms with Crippen molar-refractivity contribution in [2.45, 2.75) is 20.5 Å². The fourth-order valence-corrected chi connectivity index (χ4v) is 4.61. The number of urea groups is 1. The lowest BCUT2D eigenvalue weighted by Gasteiger charge is -2.28. The van der Waals surface area contributed by atoms with Gasteiger partial charge >= 0.3 is 6.03 Å². The summed E-state index contributed by atoms with van der Waals surface area (Å²) in [6.07, 6.45) is 1.38. The minimum absolute atomic E-state index is 0.155. The Bertz CT molecular complexity index is 1470. The molecule has 1 heterocycles. The molecule has 9 nitrogen and oxygen atoms in total. The van der Waals surface area contributed by atoms with Crippen molar-refractivity contribution < 1.29 is 33.3 Å². The Morgan fingerprint density at radius 1 is 0.850 bits per heavy atom. The summed E-state index contributed by atoms with van der Waals surface area (Å²) >= 11 is 6.91. The first-order valence-electron chi connectivity index (χ1n) is 12.3. The minimum atomic E-state index is -0.893. The summed E-state index contributed by atoms with van der Waals surface area (Å²) in [5.74, 6) is -0.0542. The number of ether oxygens (including phenoxy) is 4. The highest BCUT2D eigenvalue weighted by Gasteiger charge is 2.38. The summed E-state index contributed by atoms with van der Waals surface area (Å²) in [6, 6.07) is 15.0. The lowest BCUT2D eigenvalue weighted by molar-refractivity contribution is -0.122. The Balaban J connectivity index is 1.68. The van der Waals surface area contributed by atoms with E-state index in [1.54, 1.807) is 31.2 Å². The first-order valence-corrected chi connectivity index (χ1v) is 13.9. The van der Waals surface area contributed by atoms with Gasteiger partial charge in [-0.3, -0.25) is 14.9 Å². The first-order chi connectivity index (χ1) is 19.2. The number of hydrogen-bond donors (Lipinski definition) is 1. The molecule has 0 spiro atoms. The number of halogens is 2. The third-order valence-corrected chi connectivity index (χ3v) is 6.99. The average Bonchev–Trinajstić information content (AvgIpc) is 2.93. The molecule has 40 heavy (non-hydrogen) atoms. The molecule has 3 aromatic rings. The molecule has 11 heteroatoms. The molecule has 1 N–H and O–H groups in total. The van der Waals surface area contributed by atoms with Gasteiger partial charge in [0.25, 0.3) is 11.8 Å². The topological polar surface area (TPSA) is 103 Å². The lowest BCUT2D eigenvalue weighted by Crippen LogP contribution is -2.54. The van der Waals surface area contributed by atoms with Crippen molar-refractivity contribution >= 4 is 61.5 Å². The number of anilines is 1. The molecule has 0 saturated carbocycles. The van der Waals surface area contributed by atoms with Crippen LogP contribution in [0.25, 0.3) is 6.08 Å². The molecular weight excluding hydrogens is 648 g/mol. The van der Waals surface area contributed by atoms with Crippen molar-refractivity contribution in [3.05, 3.63) is 80.2 Å². The van der Waals surface area contributed by atoms with Crippen LogP contribution in [0.2, 0.25) is 0 Å². The molecule has 3 aromatic carbocycles. The summed E-state index contributed by atoms with van der Waals surface area (Å²) in [6.45, 7) is 4.59. The van der Waals surface area contributed by atoms with E-state index in [2.05, 4.69) is 37.2 Å². The molecule has 0 aromatic heterocycles. The standard InChI is InChI=1S/C29H26Br2N2O7/c1-4-38-20-10-11-24(39-5-2)23(14-20)33-28(35)21(27(34)32-29(33)36)12-18-13-25(37-3)26(15-22(18)31)40-16-17-6-8-19(30)9-7-17/h6-15H,4-5,16H2,1-3H3,(H,32,34,36)/b21-12+. The van der Waals surface area contributed by atoms with Crippen molar-refractivity contribution in [2.24, 2.45) is 0 Å². The highest BCUT2D eigenvalue weighted by molar-refractivity contribution is 9.10. The van der Waals surface area contributed by atoms with E-state index in [1.165, 1.54) is 19.3 Å². The zero-order valence-electron chi connectivity index (χ0n) is 22.0. The van der Waals surface area contributed by atoms with Crippen LogP contribution in [0.4, 0.5) is 10.5 Å². The quantitative estimate of drug-likeness (QED) is 0.200. The van der Waals surface area contributed by atoms with E-state index in [0.717, 1.165) is 14.9 Å². The van der Waals surface area contributed by atoms with Crippen LogP contribution in [0.1, 0.15) is 25.0 Å². The Morgan fingerprint density at radius 3 is 2.25 bits per heavy atom. The number of nitrogens with one attached hydrogen (secondary N) is 1. The van der Waals surface area contributed by atoms with Crippen LogP contribution in [-0.4, -0.2) is 38.2 Å². The van der Waals surface area contributed by atoms with Crippen LogP contribution in [0.15, 0.2) is 69.1 Å². The van der Waals surface area contributed by atoms with Gasteiger partial charge in [0.05, 0.1) is 26.0 Å². The van der Waals surface area contributed by atoms with E-state index in [-0.39, 0.29) is 11.3 Å². The molecule has 0 atom stereocenters. The zero-order valence-corrected chi connectivity index (χ0v) is 25.1. The van der Waals surface area contributed by atoms with E-state index in [4.69, 9.17) is 18.9 Å². The number of nitrogens with zero attached hydrogens (tertiary/aromatic N) is 1. The predicted molar refractivity (Wildman–Crippen MR) is 157 cm³/mol. The maximum Gasteiger partial charge on any atom is 0.336 e. The van der Waals surface area contributed by atoms with Gasteiger partial charge < -0.3 is 18.9 Å². The van der Waals surface area contributed by atoms with E-state index in [9.17, 15) is 14.4 Å². The maximum atomic E-state index is 13.6. The molecule has 0 radical (unpaired) electrons. The highest BCUT2D eigenvalue weighted by atomic mass is 79.9. The molecule has 1 aliphatic rings. The third-order valence-electron chi connectivity index (χ3n) is 5.77. The third kappa shape index (κ3) is 6.48. The van der Waals surface area contributed by atoms with Crippen LogP contribution >= 0.6 is 31.9 Å². The lowest BCUT2D eigenvalue weighted by atomic mass is 10.1. The Labute approximate surface area is 248 Å². The Hall–Kier alpha value is -3.83. The number of methoxy groups -OCH3 is 1. The van der Waals surface area contributed by atoms with Crippen molar-refractivity contribution in [2.75, 3.05) is 25.2 Å². The van der Waals surface area contributed by atoms with Crippen LogP contribution in [0.5, 0.6) is 23.0 Å². The SMILES string of the molecule is CCOc1ccc(OCC)c(N2C(=O)NC(=O)/C(=C\c3cc(OC)c(OCc4ccc(Br)cc4)cc3Br)C2=O)c1. The number of benzene rings is 3. The van der Waals surface area contributed by atoms with Gasteiger partial charge in [0.15, 0.2) is 11.5 Å². The number of imide groups is 2. The predicted octanol–water partition coefficient (Wildman–Crippen LogP) is 6.26. The van der Waals surface area contributed by atoms with E-state index < -0.39 is 17.8 Å². The first kappa shape index (κ1) is 29.2. The van der Waals surface area contributed by atoms with Gasteiger partial charge in [0.2, 0.25) is 0 Å². The van der Waals surface area contributed by atoms with Gasteiger partial charge in [-0.1, -0.05) is 44.0 Å². The van der Waals surface area contributed by atoms with Gasteiger partial charge in [-0.15, -0.1) is 0 Å². The van der Waals surface area contributed by atoms with E-state index in [1.807, 2.05) is 31.2 Å². The zero-order chi connectivity index (χ0) is 28.8. The van der Waals surface area contributed by atoms with Crippen molar-refractivity contribution in [3.63, 3.8) is 0 Å². The monoisotopic (exact) mass is 672 g/mol. The molecule has 1 fully saturated rings. The Kier molecular flexibility index (Phi) is 9.49. The fraction of sp³-hybridized carbons (Fsp3) is 0.207. The van der Waals surface area contributed by atoms with E-state index >= 15 is 0 Å². The summed E-state index contributed by atoms with van der Waals surface area (Å²) in [4.78, 5) is 40.1. The average molecular weight is 674 g/mol. The second-order valence-corrected chi connectivity index (χ2v) is 10.2. The van der Waals surface area contributed by atoms with Crippen molar-refractivity contribution in [1.29, 1.82) is 0 Å². The number of hydrogen-bond acceptors (Lipinski definition) is 7. The normalized spacial score (nSPS) is 14.3. The van der Waals surface area contributed by atoms with E-state index in [0.29, 0.717) is 52.9 Å². The van der Waals surface area contributed by atoms with Gasteiger partial charge in [0, 0.05) is 15.0 Å². The number of carbonyl (C=O) groups excluding carboxylic acids is 3. The smallest absolute Gasteiger partial charge is 0.336 e. The number of amides is 4. The second-order valence-electron chi connectivity index (χ2n) is 8.39. The Morgan fingerprint density at radius 2 is 1.57 bits per heavy atom. The van der Waals surface area contributed by atoms with Crippen LogP contribution < -0.4 is 29.2 Å². The molecule has 208 valence electrons. The van der Waals surface area contributed by atoms with Crippen molar-refractivity contribution in [3.8, 4) is 23.0 Å². The van der Waals surface area contributed by atoms with Gasteiger partial charge in [0.1, 0.15) is 23.7 Å². The summed E-state index contributed by atoms with van der Waals surface area (Å²) in [5, 5.41) is 2.24. The van der Waals surface area contributed by atoms with Gasteiger partial charge in [-0.25, -0.2) is 9.69 Å². The molecule has 1 aliphatic heterocycles. The number of rotatable bonds is 10. The second kappa shape index (κ2) is 13.0. The minimum Gasteiger partial charge on any atom is -0.494 e. The van der Waals surface area contributed by atoms with Crippen molar-refractivity contribution in [1.82, 2.24) is 5.32 Å². The summed E-state index contributed by atoms with van der Waals surface area (Å²) in [7, 11) is 1.49. The summed E-state index contributed by atoms with van der Waals surface area (Å²) in [5.41, 5.74) is 1.33. The largest absolute Gasteiger partial charge is 0.494 e. The van der Waals surface area contributed by atoms with Crippen LogP contribution in [-0.2, 0) is 16.2 Å². The molecule has 0 aliphatic carbocycles. The van der Waals surface area contributed by atoms with Crippen LogP contribution in [0.3, 0.4) is 0 Å². The molecular formula is C29H26Br2N2O7. The molecule has 4 amide bonds. The molecule has 1 saturated heterocycles. The molecule has 0 unspecified atom stereocenters. The van der Waals surface area contributed by atoms with Gasteiger partial charge in [-0.05, 0) is 67.4 Å².